The number of aliphatic carboxylic acids is 2. The topological polar surface area (TPSA) is 131 Å². The number of benzene rings is 3. The maximum atomic E-state index is 13.9. The van der Waals surface area contributed by atoms with Gasteiger partial charge >= 0.3 is 18.1 Å². The number of fused-ring (bicyclic) bond motifs is 1. The molecule has 0 aliphatic heterocycles. The molecule has 0 bridgehead atoms. The summed E-state index contributed by atoms with van der Waals surface area (Å²) >= 11 is 0. The van der Waals surface area contributed by atoms with E-state index in [-0.39, 0.29) is 29.3 Å². The average molecular weight is 581 g/mol. The smallest absolute Gasteiger partial charge is 0.417 e. The number of aromatic nitrogens is 4. The molecular formula is C30H27F3N4O5. The van der Waals surface area contributed by atoms with Crippen LogP contribution in [0, 0.1) is 0 Å². The van der Waals surface area contributed by atoms with Crippen LogP contribution in [0.15, 0.2) is 77.4 Å². The summed E-state index contributed by atoms with van der Waals surface area (Å²) in [5.41, 5.74) is 1.22. The summed E-state index contributed by atoms with van der Waals surface area (Å²) in [5.74, 6) is -1.37. The number of aryl methyl sites for hydroxylation is 1. The third kappa shape index (κ3) is 7.59. The number of hydrogen-bond donors (Lipinski definition) is 2. The summed E-state index contributed by atoms with van der Waals surface area (Å²) in [6, 6.07) is 17.6. The van der Waals surface area contributed by atoms with Gasteiger partial charge in [-0.05, 0) is 54.3 Å². The predicted molar refractivity (Wildman–Crippen MR) is 148 cm³/mol. The van der Waals surface area contributed by atoms with Crippen LogP contribution in [0.5, 0.6) is 0 Å². The Morgan fingerprint density at radius 3 is 2.26 bits per heavy atom. The number of halogens is 3. The van der Waals surface area contributed by atoms with Crippen LogP contribution in [0.3, 0.4) is 0 Å². The number of nitrogens with zero attached hydrogens (tertiary/aromatic N) is 4. The highest BCUT2D eigenvalue weighted by molar-refractivity contribution is 5.83. The van der Waals surface area contributed by atoms with Gasteiger partial charge in [0.1, 0.15) is 0 Å². The highest BCUT2D eigenvalue weighted by atomic mass is 19.4. The van der Waals surface area contributed by atoms with Gasteiger partial charge in [0.05, 0.1) is 11.1 Å². The summed E-state index contributed by atoms with van der Waals surface area (Å²) in [6.45, 7) is 2.30. The normalized spacial score (nSPS) is 11.2. The van der Waals surface area contributed by atoms with Crippen LogP contribution < -0.4 is 0 Å². The number of alkyl halides is 3. The highest BCUT2D eigenvalue weighted by Crippen LogP contribution is 2.39. The van der Waals surface area contributed by atoms with E-state index in [0.29, 0.717) is 36.0 Å². The number of carbonyl (C=O) groups is 2. The fourth-order valence-corrected chi connectivity index (χ4v) is 4.18. The third-order valence-corrected chi connectivity index (χ3v) is 6.13. The largest absolute Gasteiger partial charge is 0.481 e. The van der Waals surface area contributed by atoms with Crippen LogP contribution in [0.4, 0.5) is 13.2 Å². The minimum absolute atomic E-state index is 0.0282. The quantitative estimate of drug-likeness (QED) is 0.188. The molecule has 0 aliphatic rings. The van der Waals surface area contributed by atoms with Gasteiger partial charge in [0.15, 0.2) is 0 Å². The van der Waals surface area contributed by atoms with Crippen LogP contribution in [0.2, 0.25) is 0 Å². The Hall–Kier alpha value is -5.00. The Morgan fingerprint density at radius 1 is 0.905 bits per heavy atom. The van der Waals surface area contributed by atoms with Crippen molar-refractivity contribution in [2.75, 3.05) is 0 Å². The van der Waals surface area contributed by atoms with E-state index >= 15 is 0 Å². The Labute approximate surface area is 238 Å². The third-order valence-electron chi connectivity index (χ3n) is 6.13. The molecule has 0 unspecified atom stereocenters. The predicted octanol–water partition coefficient (Wildman–Crippen LogP) is 7.18. The SMILES string of the molecule is CCCC(=O)O.O=C(O)CCCn1cc2cc(-c3noc(-c4ccc(-c5ccccc5)c(C(F)(F)F)c4)n3)ccc2n1. The average Bonchev–Trinajstić information content (AvgIpc) is 3.60. The molecule has 3 aromatic carbocycles. The molecule has 218 valence electrons. The lowest BCUT2D eigenvalue weighted by Gasteiger charge is -2.14. The fourth-order valence-electron chi connectivity index (χ4n) is 4.18. The van der Waals surface area contributed by atoms with Crippen LogP contribution in [0.1, 0.15) is 38.2 Å². The number of carboxylic acids is 2. The van der Waals surface area contributed by atoms with Crippen molar-refractivity contribution >= 4 is 22.8 Å². The first-order valence-electron chi connectivity index (χ1n) is 13.1. The van der Waals surface area contributed by atoms with E-state index in [0.717, 1.165) is 17.9 Å². The Bertz CT molecular complexity index is 1680. The highest BCUT2D eigenvalue weighted by Gasteiger charge is 2.34. The number of rotatable bonds is 9. The van der Waals surface area contributed by atoms with Gasteiger partial charge in [0.25, 0.3) is 5.89 Å². The molecule has 0 saturated heterocycles. The van der Waals surface area contributed by atoms with Crippen LogP contribution in [-0.4, -0.2) is 42.1 Å². The molecule has 2 N–H and O–H groups in total. The first-order chi connectivity index (χ1) is 20.0. The first-order valence-corrected chi connectivity index (χ1v) is 13.1. The van der Waals surface area contributed by atoms with Gasteiger partial charge in [-0.25, -0.2) is 0 Å². The number of hydrogen-bond acceptors (Lipinski definition) is 6. The van der Waals surface area contributed by atoms with Crippen molar-refractivity contribution < 1.29 is 37.5 Å². The van der Waals surface area contributed by atoms with Crippen molar-refractivity contribution in [3.05, 3.63) is 78.5 Å². The lowest BCUT2D eigenvalue weighted by molar-refractivity contribution is -0.138. The molecule has 0 aliphatic carbocycles. The van der Waals surface area contributed by atoms with Crippen molar-refractivity contribution in [2.24, 2.45) is 0 Å². The van der Waals surface area contributed by atoms with Crippen molar-refractivity contribution in [2.45, 2.75) is 45.3 Å². The second-order valence-electron chi connectivity index (χ2n) is 9.35. The van der Waals surface area contributed by atoms with Gasteiger partial charge in [-0.15, -0.1) is 0 Å². The maximum Gasteiger partial charge on any atom is 0.417 e. The molecule has 42 heavy (non-hydrogen) atoms. The minimum atomic E-state index is -4.57. The van der Waals surface area contributed by atoms with Crippen LogP contribution in [0.25, 0.3) is 44.9 Å². The molecule has 0 spiro atoms. The van der Waals surface area contributed by atoms with Crippen molar-refractivity contribution in [1.82, 2.24) is 19.9 Å². The molecule has 0 amide bonds. The zero-order valence-electron chi connectivity index (χ0n) is 22.5. The summed E-state index contributed by atoms with van der Waals surface area (Å²) < 4.78 is 48.6. The molecule has 9 nitrogen and oxygen atoms in total. The molecule has 5 rings (SSSR count). The molecule has 0 saturated carbocycles. The second-order valence-corrected chi connectivity index (χ2v) is 9.35. The van der Waals surface area contributed by atoms with E-state index in [1.165, 1.54) is 12.1 Å². The molecule has 0 atom stereocenters. The molecule has 5 aromatic rings. The van der Waals surface area contributed by atoms with E-state index in [4.69, 9.17) is 14.7 Å². The van der Waals surface area contributed by atoms with Crippen molar-refractivity contribution in [3.8, 4) is 34.0 Å². The van der Waals surface area contributed by atoms with Crippen LogP contribution in [-0.2, 0) is 22.3 Å². The van der Waals surface area contributed by atoms with E-state index in [2.05, 4.69) is 15.2 Å². The van der Waals surface area contributed by atoms with Gasteiger partial charge in [0.2, 0.25) is 5.82 Å². The summed E-state index contributed by atoms with van der Waals surface area (Å²) in [6.07, 6.45) is -1.25. The van der Waals surface area contributed by atoms with Crippen molar-refractivity contribution in [3.63, 3.8) is 0 Å². The number of carboxylic acid groups (broad SMARTS) is 2. The van der Waals surface area contributed by atoms with Gasteiger partial charge in [-0.3, -0.25) is 14.3 Å². The van der Waals surface area contributed by atoms with Gasteiger partial charge in [-0.1, -0.05) is 48.5 Å². The Morgan fingerprint density at radius 2 is 1.62 bits per heavy atom. The van der Waals surface area contributed by atoms with E-state index < -0.39 is 23.7 Å². The molecule has 2 aromatic heterocycles. The lowest BCUT2D eigenvalue weighted by Crippen LogP contribution is -2.07. The lowest BCUT2D eigenvalue weighted by atomic mass is 9.97. The van der Waals surface area contributed by atoms with E-state index in [1.54, 1.807) is 59.4 Å². The minimum Gasteiger partial charge on any atom is -0.481 e. The Kier molecular flexibility index (Phi) is 9.35. The molecule has 2 heterocycles. The van der Waals surface area contributed by atoms with Gasteiger partial charge < -0.3 is 14.7 Å². The molecule has 12 heteroatoms. The van der Waals surface area contributed by atoms with Gasteiger partial charge in [-0.2, -0.15) is 23.3 Å². The van der Waals surface area contributed by atoms with Crippen LogP contribution >= 0.6 is 0 Å². The molecule has 0 fully saturated rings. The second kappa shape index (κ2) is 13.1. The van der Waals surface area contributed by atoms with E-state index in [1.807, 2.05) is 6.92 Å². The summed E-state index contributed by atoms with van der Waals surface area (Å²) in [7, 11) is 0. The standard InChI is InChI=1S/C26H19F3N4O3.C4H8O2/c27-26(28,29)21-14-18(8-10-20(21)16-5-2-1-3-6-16)25-30-24(32-36-25)17-9-11-22-19(13-17)15-33(31-22)12-4-7-23(34)35;1-2-3-4(5)6/h1-3,5-6,8-11,13-15H,4,7,12H2,(H,34,35);2-3H2,1H3,(H,5,6). The molecule has 0 radical (unpaired) electrons. The van der Waals surface area contributed by atoms with Gasteiger partial charge in [0, 0.05) is 42.1 Å². The summed E-state index contributed by atoms with van der Waals surface area (Å²) in [5, 5.41) is 25.9. The maximum absolute atomic E-state index is 13.9. The summed E-state index contributed by atoms with van der Waals surface area (Å²) in [4.78, 5) is 24.6. The molecular weight excluding hydrogens is 553 g/mol. The zero-order valence-corrected chi connectivity index (χ0v) is 22.5. The zero-order chi connectivity index (χ0) is 30.3. The van der Waals surface area contributed by atoms with Crippen molar-refractivity contribution in [1.29, 1.82) is 0 Å². The monoisotopic (exact) mass is 580 g/mol. The fraction of sp³-hybridized carbons (Fsp3) is 0.233. The van der Waals surface area contributed by atoms with E-state index in [9.17, 15) is 22.8 Å². The Balaban J connectivity index is 0.000000612. The first kappa shape index (κ1) is 30.0.